The molecule has 0 atom stereocenters. The summed E-state index contributed by atoms with van der Waals surface area (Å²) in [5, 5.41) is -0.0651. The van der Waals surface area contributed by atoms with E-state index in [0.717, 1.165) is 4.90 Å². The molecule has 4 rings (SSSR count). The van der Waals surface area contributed by atoms with E-state index in [4.69, 9.17) is 25.8 Å². The molecule has 36 heavy (non-hydrogen) atoms. The second-order valence-corrected chi connectivity index (χ2v) is 8.02. The van der Waals surface area contributed by atoms with Crippen LogP contribution in [0.1, 0.15) is 48.4 Å². The number of ketones is 1. The van der Waals surface area contributed by atoms with Crippen molar-refractivity contribution in [3.63, 3.8) is 0 Å². The third-order valence-corrected chi connectivity index (χ3v) is 5.60. The largest absolute Gasteiger partial charge is 0.496 e. The highest BCUT2D eigenvalue weighted by Crippen LogP contribution is 2.38. The van der Waals surface area contributed by atoms with Gasteiger partial charge in [-0.3, -0.25) is 19.2 Å². The molecule has 0 N–H and O–H groups in total. The molecule has 0 radical (unpaired) electrons. The van der Waals surface area contributed by atoms with E-state index in [-0.39, 0.29) is 44.5 Å². The van der Waals surface area contributed by atoms with Crippen molar-refractivity contribution < 1.29 is 38.2 Å². The number of amides is 2. The summed E-state index contributed by atoms with van der Waals surface area (Å²) in [6.07, 6.45) is 0. The van der Waals surface area contributed by atoms with Crippen LogP contribution in [0.5, 0.6) is 11.5 Å². The molecule has 9 nitrogen and oxygen atoms in total. The molecule has 0 saturated carbocycles. The number of nitrogens with zero attached hydrogens (tertiary/aromatic N) is 1. The molecule has 10 heteroatoms. The third kappa shape index (κ3) is 4.69. The Kier molecular flexibility index (Phi) is 6.84. The predicted molar refractivity (Wildman–Crippen MR) is 128 cm³/mol. The Morgan fingerprint density at radius 2 is 1.53 bits per heavy atom. The monoisotopic (exact) mass is 507 g/mol. The third-order valence-electron chi connectivity index (χ3n) is 5.30. The maximum Gasteiger partial charge on any atom is 0.342 e. The number of anilines is 1. The number of ether oxygens (including phenoxy) is 3. The molecule has 0 bridgehead atoms. The zero-order valence-electron chi connectivity index (χ0n) is 19.1. The molecular formula is C26H18ClNO8. The van der Waals surface area contributed by atoms with Gasteiger partial charge in [-0.15, -0.1) is 0 Å². The lowest BCUT2D eigenvalue weighted by molar-refractivity contribution is -0.131. The zero-order valence-corrected chi connectivity index (χ0v) is 19.8. The first-order valence-corrected chi connectivity index (χ1v) is 10.9. The molecule has 0 saturated heterocycles. The minimum Gasteiger partial charge on any atom is -0.496 e. The summed E-state index contributed by atoms with van der Waals surface area (Å²) in [7, 11) is 1.29. The smallest absolute Gasteiger partial charge is 0.342 e. The van der Waals surface area contributed by atoms with Crippen molar-refractivity contribution in [2.24, 2.45) is 0 Å². The quantitative estimate of drug-likeness (QED) is 0.203. The molecule has 2 amide bonds. The summed E-state index contributed by atoms with van der Waals surface area (Å²) in [6.45, 7) is 0.679. The SMILES string of the molecule is COc1cc(N2C(=O)c3ccccc3C2=O)c(Cl)cc1C(=O)OCC(=O)c1ccc(OC(C)=O)cc1. The lowest BCUT2D eigenvalue weighted by atomic mass is 10.1. The molecule has 3 aromatic carbocycles. The van der Waals surface area contributed by atoms with E-state index < -0.39 is 36.1 Å². The number of hydrogen-bond acceptors (Lipinski definition) is 8. The molecule has 0 spiro atoms. The minimum atomic E-state index is -0.896. The van der Waals surface area contributed by atoms with Gasteiger partial charge in [0, 0.05) is 18.6 Å². The molecule has 0 fully saturated rings. The van der Waals surface area contributed by atoms with Crippen molar-refractivity contribution >= 4 is 46.8 Å². The van der Waals surface area contributed by atoms with Crippen LogP contribution in [-0.4, -0.2) is 43.3 Å². The van der Waals surface area contributed by atoms with Crippen molar-refractivity contribution in [3.05, 3.63) is 87.9 Å². The summed E-state index contributed by atoms with van der Waals surface area (Å²) in [6, 6.07) is 14.6. The van der Waals surface area contributed by atoms with Crippen LogP contribution in [0.25, 0.3) is 0 Å². The van der Waals surface area contributed by atoms with Gasteiger partial charge in [0.15, 0.2) is 12.4 Å². The number of fused-ring (bicyclic) bond motifs is 1. The molecule has 1 aliphatic rings. The fourth-order valence-corrected chi connectivity index (χ4v) is 3.87. The number of methoxy groups -OCH3 is 1. The molecule has 0 aromatic heterocycles. The van der Waals surface area contributed by atoms with E-state index >= 15 is 0 Å². The number of carbonyl (C=O) groups excluding carboxylic acids is 5. The van der Waals surface area contributed by atoms with Crippen molar-refractivity contribution in [1.29, 1.82) is 0 Å². The Balaban J connectivity index is 1.51. The van der Waals surface area contributed by atoms with Crippen molar-refractivity contribution in [2.45, 2.75) is 6.92 Å². The van der Waals surface area contributed by atoms with E-state index in [1.807, 2.05) is 0 Å². The van der Waals surface area contributed by atoms with Gasteiger partial charge in [0.2, 0.25) is 0 Å². The fourth-order valence-electron chi connectivity index (χ4n) is 3.62. The van der Waals surface area contributed by atoms with Crippen molar-refractivity contribution in [3.8, 4) is 11.5 Å². The number of esters is 2. The Morgan fingerprint density at radius 1 is 0.917 bits per heavy atom. The van der Waals surface area contributed by atoms with Gasteiger partial charge in [0.1, 0.15) is 17.1 Å². The second-order valence-electron chi connectivity index (χ2n) is 7.61. The molecule has 182 valence electrons. The van der Waals surface area contributed by atoms with Crippen LogP contribution in [0.3, 0.4) is 0 Å². The highest BCUT2D eigenvalue weighted by atomic mass is 35.5. The van der Waals surface area contributed by atoms with E-state index in [9.17, 15) is 24.0 Å². The maximum atomic E-state index is 12.8. The second kappa shape index (κ2) is 10.0. The van der Waals surface area contributed by atoms with Crippen LogP contribution >= 0.6 is 11.6 Å². The van der Waals surface area contributed by atoms with Gasteiger partial charge in [-0.25, -0.2) is 9.69 Å². The molecule has 1 heterocycles. The Hall–Kier alpha value is -4.50. The lowest BCUT2D eigenvalue weighted by Crippen LogP contribution is -2.29. The van der Waals surface area contributed by atoms with Crippen LogP contribution in [0.2, 0.25) is 5.02 Å². The molecule has 1 aliphatic heterocycles. The Bertz CT molecular complexity index is 1380. The molecular weight excluding hydrogens is 490 g/mol. The topological polar surface area (TPSA) is 116 Å². The van der Waals surface area contributed by atoms with E-state index in [2.05, 4.69) is 0 Å². The first-order chi connectivity index (χ1) is 17.2. The first-order valence-electron chi connectivity index (χ1n) is 10.6. The van der Waals surface area contributed by atoms with Crippen LogP contribution < -0.4 is 14.4 Å². The van der Waals surface area contributed by atoms with Crippen molar-refractivity contribution in [2.75, 3.05) is 18.6 Å². The van der Waals surface area contributed by atoms with Crippen molar-refractivity contribution in [1.82, 2.24) is 0 Å². The summed E-state index contributed by atoms with van der Waals surface area (Å²) >= 11 is 6.35. The summed E-state index contributed by atoms with van der Waals surface area (Å²) in [5.74, 6) is -2.73. The Morgan fingerprint density at radius 3 is 2.08 bits per heavy atom. The zero-order chi connectivity index (χ0) is 26.0. The van der Waals surface area contributed by atoms with E-state index in [1.165, 1.54) is 62.6 Å². The number of benzene rings is 3. The number of hydrogen-bond donors (Lipinski definition) is 0. The maximum absolute atomic E-state index is 12.8. The van der Waals surface area contributed by atoms with Crippen LogP contribution in [0.4, 0.5) is 5.69 Å². The lowest BCUT2D eigenvalue weighted by Gasteiger charge is -2.18. The highest BCUT2D eigenvalue weighted by molar-refractivity contribution is 6.40. The van der Waals surface area contributed by atoms with E-state index in [0.29, 0.717) is 0 Å². The minimum absolute atomic E-state index is 0.00543. The van der Waals surface area contributed by atoms with Gasteiger partial charge >= 0.3 is 11.9 Å². The number of Topliss-reactive ketones (excluding diaryl/α,β-unsaturated/α-hetero) is 1. The summed E-state index contributed by atoms with van der Waals surface area (Å²) in [4.78, 5) is 62.7. The van der Waals surface area contributed by atoms with Crippen LogP contribution in [-0.2, 0) is 9.53 Å². The highest BCUT2D eigenvalue weighted by Gasteiger charge is 2.38. The average molecular weight is 508 g/mol. The predicted octanol–water partition coefficient (Wildman–Crippen LogP) is 4.11. The number of rotatable bonds is 7. The number of halogens is 1. The Labute approximate surface area is 210 Å². The van der Waals surface area contributed by atoms with Gasteiger partial charge < -0.3 is 14.2 Å². The van der Waals surface area contributed by atoms with Gasteiger partial charge in [-0.05, 0) is 42.5 Å². The number of carbonyl (C=O) groups is 5. The average Bonchev–Trinajstić information content (AvgIpc) is 3.12. The molecule has 0 aliphatic carbocycles. The molecule has 3 aromatic rings. The van der Waals surface area contributed by atoms with Gasteiger partial charge in [-0.2, -0.15) is 0 Å². The first kappa shape index (κ1) is 24.6. The summed E-state index contributed by atoms with van der Waals surface area (Å²) in [5.41, 5.74) is 0.659. The van der Waals surface area contributed by atoms with Gasteiger partial charge in [0.25, 0.3) is 11.8 Å². The summed E-state index contributed by atoms with van der Waals surface area (Å²) < 4.78 is 15.3. The number of imide groups is 1. The fraction of sp³-hybridized carbons (Fsp3) is 0.115. The van der Waals surface area contributed by atoms with Gasteiger partial charge in [0.05, 0.1) is 28.9 Å². The van der Waals surface area contributed by atoms with Crippen LogP contribution in [0.15, 0.2) is 60.7 Å². The van der Waals surface area contributed by atoms with Gasteiger partial charge in [-0.1, -0.05) is 23.7 Å². The van der Waals surface area contributed by atoms with E-state index in [1.54, 1.807) is 12.1 Å². The standard InChI is InChI=1S/C26H18ClNO8/c1-14(29)36-16-9-7-15(8-10-16)22(30)13-35-26(33)19-11-20(27)21(12-23(19)34-2)28-24(31)17-5-3-4-6-18(17)25(28)32/h3-12H,13H2,1-2H3. The normalized spacial score (nSPS) is 12.2. The van der Waals surface area contributed by atoms with Crippen LogP contribution in [0, 0.1) is 0 Å². The molecule has 0 unspecified atom stereocenters.